The van der Waals surface area contributed by atoms with Crippen LogP contribution in [0.2, 0.25) is 0 Å². The molecular weight excluding hydrogens is 422 g/mol. The molecule has 2 amide bonds. The van der Waals surface area contributed by atoms with Gasteiger partial charge in [-0.25, -0.2) is 9.97 Å². The number of nitrogens with zero attached hydrogens (tertiary/aromatic N) is 5. The fourth-order valence-corrected chi connectivity index (χ4v) is 5.45. The zero-order valence-corrected chi connectivity index (χ0v) is 18.7. The molecule has 2 aliphatic heterocycles. The summed E-state index contributed by atoms with van der Waals surface area (Å²) in [6.45, 7) is 4.59. The van der Waals surface area contributed by atoms with Gasteiger partial charge < -0.3 is 14.7 Å². The van der Waals surface area contributed by atoms with E-state index < -0.39 is 0 Å². The van der Waals surface area contributed by atoms with Crippen molar-refractivity contribution < 1.29 is 9.59 Å². The molecule has 0 saturated carbocycles. The summed E-state index contributed by atoms with van der Waals surface area (Å²) in [4.78, 5) is 42.3. The highest BCUT2D eigenvalue weighted by atomic mass is 32.1. The molecule has 2 fully saturated rings. The number of piperazine rings is 1. The molecule has 2 aliphatic rings. The van der Waals surface area contributed by atoms with E-state index in [-0.39, 0.29) is 30.2 Å². The van der Waals surface area contributed by atoms with E-state index in [2.05, 4.69) is 14.9 Å². The minimum Gasteiger partial charge on any atom is -0.339 e. The maximum Gasteiger partial charge on any atom is 0.228 e. The quantitative estimate of drug-likeness (QED) is 0.614. The Hall–Kier alpha value is -3.26. The standard InChI is InChI=1S/C24H25N5O2S/c1-17-5-7-18(8-6-17)29-21(30)16-19(22(29)20-4-2-15-32-20)23(31)27-11-13-28(14-12-27)24-25-9-3-10-26-24/h2-10,15,19,22H,11-14,16H2,1H3/t19-,22-/m0/s1. The van der Waals surface area contributed by atoms with E-state index >= 15 is 0 Å². The smallest absolute Gasteiger partial charge is 0.228 e. The number of hydrogen-bond acceptors (Lipinski definition) is 6. The van der Waals surface area contributed by atoms with Crippen LogP contribution in [-0.4, -0.2) is 52.9 Å². The summed E-state index contributed by atoms with van der Waals surface area (Å²) < 4.78 is 0. The zero-order chi connectivity index (χ0) is 22.1. The number of hydrogen-bond donors (Lipinski definition) is 0. The number of rotatable bonds is 4. The summed E-state index contributed by atoms with van der Waals surface area (Å²) in [7, 11) is 0. The lowest BCUT2D eigenvalue weighted by Crippen LogP contribution is -2.51. The Morgan fingerprint density at radius 3 is 2.38 bits per heavy atom. The van der Waals surface area contributed by atoms with Gasteiger partial charge in [-0.05, 0) is 36.6 Å². The first-order valence-corrected chi connectivity index (χ1v) is 11.7. The number of aryl methyl sites for hydroxylation is 1. The highest BCUT2D eigenvalue weighted by Gasteiger charge is 2.47. The van der Waals surface area contributed by atoms with Gasteiger partial charge in [-0.3, -0.25) is 9.59 Å². The van der Waals surface area contributed by atoms with E-state index in [0.717, 1.165) is 16.1 Å². The van der Waals surface area contributed by atoms with Gasteiger partial charge in [-0.15, -0.1) is 11.3 Å². The minimum absolute atomic E-state index is 0.00178. The van der Waals surface area contributed by atoms with Gasteiger partial charge in [0, 0.05) is 55.6 Å². The molecular formula is C24H25N5O2S. The lowest BCUT2D eigenvalue weighted by atomic mass is 9.96. The number of anilines is 2. The van der Waals surface area contributed by atoms with Crippen molar-refractivity contribution >= 4 is 34.8 Å². The molecule has 164 valence electrons. The average Bonchev–Trinajstić information content (AvgIpc) is 3.48. The number of benzene rings is 1. The maximum absolute atomic E-state index is 13.6. The molecule has 4 heterocycles. The Kier molecular flexibility index (Phi) is 5.61. The van der Waals surface area contributed by atoms with Gasteiger partial charge in [0.25, 0.3) is 0 Å². The van der Waals surface area contributed by atoms with Crippen molar-refractivity contribution in [1.29, 1.82) is 0 Å². The minimum atomic E-state index is -0.387. The number of carbonyl (C=O) groups is 2. The topological polar surface area (TPSA) is 69.6 Å². The highest BCUT2D eigenvalue weighted by Crippen LogP contribution is 2.43. The SMILES string of the molecule is Cc1ccc(N2C(=O)C[C@H](C(=O)N3CCN(c4ncccn4)CC3)[C@H]2c2cccs2)cc1. The van der Waals surface area contributed by atoms with Gasteiger partial charge in [-0.2, -0.15) is 0 Å². The Labute approximate surface area is 191 Å². The lowest BCUT2D eigenvalue weighted by molar-refractivity contribution is -0.136. The van der Waals surface area contributed by atoms with Crippen LogP contribution in [0.3, 0.4) is 0 Å². The second kappa shape index (κ2) is 8.70. The first-order chi connectivity index (χ1) is 15.6. The zero-order valence-electron chi connectivity index (χ0n) is 17.9. The number of amides is 2. The molecule has 2 atom stereocenters. The molecule has 2 aromatic heterocycles. The van der Waals surface area contributed by atoms with Gasteiger partial charge in [0.1, 0.15) is 0 Å². The molecule has 8 heteroatoms. The van der Waals surface area contributed by atoms with Crippen molar-refractivity contribution in [3.05, 3.63) is 70.7 Å². The summed E-state index contributed by atoms with van der Waals surface area (Å²) in [5.41, 5.74) is 1.99. The highest BCUT2D eigenvalue weighted by molar-refractivity contribution is 7.10. The van der Waals surface area contributed by atoms with Gasteiger partial charge in [0.2, 0.25) is 17.8 Å². The van der Waals surface area contributed by atoms with Crippen molar-refractivity contribution in [2.75, 3.05) is 36.0 Å². The molecule has 7 nitrogen and oxygen atoms in total. The number of thiophene rings is 1. The van der Waals surface area contributed by atoms with E-state index in [1.165, 1.54) is 0 Å². The summed E-state index contributed by atoms with van der Waals surface area (Å²) in [6.07, 6.45) is 3.70. The Balaban J connectivity index is 1.37. The van der Waals surface area contributed by atoms with Crippen LogP contribution < -0.4 is 9.80 Å². The molecule has 0 spiro atoms. The molecule has 0 bridgehead atoms. The predicted octanol–water partition coefficient (Wildman–Crippen LogP) is 3.29. The molecule has 0 unspecified atom stereocenters. The number of carbonyl (C=O) groups excluding carboxylic acids is 2. The van der Waals surface area contributed by atoms with Gasteiger partial charge in [-0.1, -0.05) is 23.8 Å². The van der Waals surface area contributed by atoms with E-state index in [1.54, 1.807) is 29.8 Å². The molecule has 0 N–H and O–H groups in total. The Bertz CT molecular complexity index is 1080. The fraction of sp³-hybridized carbons (Fsp3) is 0.333. The summed E-state index contributed by atoms with van der Waals surface area (Å²) in [5.74, 6) is 0.363. The Morgan fingerprint density at radius 2 is 1.72 bits per heavy atom. The second-order valence-corrected chi connectivity index (χ2v) is 9.21. The lowest BCUT2D eigenvalue weighted by Gasteiger charge is -2.37. The molecule has 32 heavy (non-hydrogen) atoms. The molecule has 0 radical (unpaired) electrons. The van der Waals surface area contributed by atoms with Crippen molar-refractivity contribution in [1.82, 2.24) is 14.9 Å². The molecule has 1 aromatic carbocycles. The average molecular weight is 448 g/mol. The van der Waals surface area contributed by atoms with Crippen LogP contribution in [0.5, 0.6) is 0 Å². The molecule has 3 aromatic rings. The monoisotopic (exact) mass is 447 g/mol. The molecule has 0 aliphatic carbocycles. The largest absolute Gasteiger partial charge is 0.339 e. The van der Waals surface area contributed by atoms with E-state index in [1.807, 2.05) is 58.5 Å². The first kappa shape index (κ1) is 20.6. The van der Waals surface area contributed by atoms with Crippen LogP contribution in [0.4, 0.5) is 11.6 Å². The molecule has 5 rings (SSSR count). The van der Waals surface area contributed by atoms with Crippen LogP contribution in [0.1, 0.15) is 22.9 Å². The normalized spacial score (nSPS) is 21.3. The van der Waals surface area contributed by atoms with Gasteiger partial charge in [0.05, 0.1) is 12.0 Å². The van der Waals surface area contributed by atoms with Crippen molar-refractivity contribution in [3.63, 3.8) is 0 Å². The molecule has 2 saturated heterocycles. The first-order valence-electron chi connectivity index (χ1n) is 10.8. The third-order valence-electron chi connectivity index (χ3n) is 6.21. The summed E-state index contributed by atoms with van der Waals surface area (Å²) in [6, 6.07) is 13.5. The van der Waals surface area contributed by atoms with Crippen LogP contribution in [0, 0.1) is 12.8 Å². The maximum atomic E-state index is 13.6. The van der Waals surface area contributed by atoms with E-state index in [0.29, 0.717) is 32.1 Å². The van der Waals surface area contributed by atoms with Crippen LogP contribution >= 0.6 is 11.3 Å². The summed E-state index contributed by atoms with van der Waals surface area (Å²) in [5, 5.41) is 2.01. The third kappa shape index (κ3) is 3.86. The van der Waals surface area contributed by atoms with Gasteiger partial charge in [0.15, 0.2) is 0 Å². The van der Waals surface area contributed by atoms with Crippen LogP contribution in [0.15, 0.2) is 60.2 Å². The van der Waals surface area contributed by atoms with Crippen molar-refractivity contribution in [3.8, 4) is 0 Å². The van der Waals surface area contributed by atoms with Crippen molar-refractivity contribution in [2.45, 2.75) is 19.4 Å². The fourth-order valence-electron chi connectivity index (χ4n) is 4.57. The van der Waals surface area contributed by atoms with E-state index in [9.17, 15) is 9.59 Å². The van der Waals surface area contributed by atoms with Crippen LogP contribution in [-0.2, 0) is 9.59 Å². The van der Waals surface area contributed by atoms with Crippen molar-refractivity contribution in [2.24, 2.45) is 5.92 Å². The van der Waals surface area contributed by atoms with Crippen LogP contribution in [0.25, 0.3) is 0 Å². The second-order valence-electron chi connectivity index (χ2n) is 8.23. The predicted molar refractivity (Wildman–Crippen MR) is 125 cm³/mol. The van der Waals surface area contributed by atoms with E-state index in [4.69, 9.17) is 0 Å². The summed E-state index contributed by atoms with van der Waals surface area (Å²) >= 11 is 1.60. The number of aromatic nitrogens is 2. The third-order valence-corrected chi connectivity index (χ3v) is 7.16. The van der Waals surface area contributed by atoms with Gasteiger partial charge >= 0.3 is 0 Å². The Morgan fingerprint density at radius 1 is 1.00 bits per heavy atom.